The Labute approximate surface area is 182 Å². The second-order valence-electron chi connectivity index (χ2n) is 8.32. The highest BCUT2D eigenvalue weighted by Crippen LogP contribution is 2.26. The molecule has 0 radical (unpaired) electrons. The van der Waals surface area contributed by atoms with Crippen LogP contribution in [0.4, 0.5) is 10.1 Å². The normalized spacial score (nSPS) is 18.7. The van der Waals surface area contributed by atoms with Crippen LogP contribution in [0, 0.1) is 25.6 Å². The lowest BCUT2D eigenvalue weighted by Crippen LogP contribution is -2.49. The van der Waals surface area contributed by atoms with Gasteiger partial charge in [-0.1, -0.05) is 41.6 Å². The van der Waals surface area contributed by atoms with E-state index < -0.39 is 0 Å². The van der Waals surface area contributed by atoms with Crippen molar-refractivity contribution < 1.29 is 13.7 Å². The van der Waals surface area contributed by atoms with Gasteiger partial charge in [0.05, 0.1) is 12.1 Å². The molecule has 2 aromatic carbocycles. The van der Waals surface area contributed by atoms with E-state index in [1.807, 2.05) is 43.0 Å². The predicted octanol–water partition coefficient (Wildman–Crippen LogP) is 4.54. The zero-order valence-corrected chi connectivity index (χ0v) is 18.0. The Bertz CT molecular complexity index is 1010. The number of carbonyl (C=O) groups excluding carboxylic acids is 1. The van der Waals surface area contributed by atoms with Gasteiger partial charge in [-0.2, -0.15) is 0 Å². The average Bonchev–Trinajstić information content (AvgIpc) is 3.08. The fourth-order valence-corrected chi connectivity index (χ4v) is 4.38. The molecule has 6 heteroatoms. The number of amides is 1. The number of aryl methyl sites for hydroxylation is 2. The molecule has 1 fully saturated rings. The van der Waals surface area contributed by atoms with Gasteiger partial charge in [-0.15, -0.1) is 0 Å². The smallest absolute Gasteiger partial charge is 0.227 e. The van der Waals surface area contributed by atoms with Crippen molar-refractivity contribution in [2.75, 3.05) is 18.4 Å². The lowest BCUT2D eigenvalue weighted by atomic mass is 9.86. The topological polar surface area (TPSA) is 58.4 Å². The van der Waals surface area contributed by atoms with E-state index >= 15 is 0 Å². The molecule has 2 heterocycles. The molecule has 4 rings (SSSR count). The first kappa shape index (κ1) is 21.1. The van der Waals surface area contributed by atoms with Crippen LogP contribution in [0.15, 0.2) is 59.1 Å². The molecule has 1 amide bonds. The third-order valence-electron chi connectivity index (χ3n) is 6.11. The van der Waals surface area contributed by atoms with E-state index in [0.29, 0.717) is 25.3 Å². The van der Waals surface area contributed by atoms with E-state index in [1.165, 1.54) is 17.7 Å². The number of piperidine rings is 1. The molecule has 1 N–H and O–H groups in total. The number of carbonyl (C=O) groups is 1. The maximum absolute atomic E-state index is 13.7. The SMILES string of the molecule is Cc1noc(C)c1CC(=O)N1CC[C@@H](Nc2cccc(F)c2)[C@@H](Cc2ccccc2)C1. The van der Waals surface area contributed by atoms with Gasteiger partial charge in [-0.05, 0) is 50.5 Å². The Morgan fingerprint density at radius 3 is 2.71 bits per heavy atom. The molecule has 0 spiro atoms. The zero-order chi connectivity index (χ0) is 21.8. The maximum atomic E-state index is 13.7. The molecule has 3 aromatic rings. The van der Waals surface area contributed by atoms with Crippen molar-refractivity contribution in [3.8, 4) is 0 Å². The van der Waals surface area contributed by atoms with Crippen LogP contribution < -0.4 is 5.32 Å². The number of rotatable bonds is 6. The Balaban J connectivity index is 1.49. The molecule has 2 atom stereocenters. The average molecular weight is 422 g/mol. The lowest BCUT2D eigenvalue weighted by Gasteiger charge is -2.39. The predicted molar refractivity (Wildman–Crippen MR) is 118 cm³/mol. The minimum Gasteiger partial charge on any atom is -0.382 e. The standard InChI is InChI=1S/C25H28FN3O2/c1-17-23(18(2)31-28-17)15-25(30)29-12-11-24(27-22-10-6-9-21(26)14-22)20(16-29)13-19-7-4-3-5-8-19/h3-10,14,20,24,27H,11-13,15-16H2,1-2H3/t20-,24+/m0/s1. The largest absolute Gasteiger partial charge is 0.382 e. The molecular weight excluding hydrogens is 393 g/mol. The molecule has 1 aromatic heterocycles. The van der Waals surface area contributed by atoms with Gasteiger partial charge in [0, 0.05) is 36.3 Å². The summed E-state index contributed by atoms with van der Waals surface area (Å²) >= 11 is 0. The van der Waals surface area contributed by atoms with E-state index in [1.54, 1.807) is 6.07 Å². The Kier molecular flexibility index (Phi) is 6.35. The van der Waals surface area contributed by atoms with E-state index in [9.17, 15) is 9.18 Å². The van der Waals surface area contributed by atoms with Gasteiger partial charge >= 0.3 is 0 Å². The molecule has 0 bridgehead atoms. The summed E-state index contributed by atoms with van der Waals surface area (Å²) in [5, 5.41) is 7.48. The van der Waals surface area contributed by atoms with Crippen molar-refractivity contribution in [2.45, 2.75) is 39.2 Å². The molecule has 0 saturated carbocycles. The van der Waals surface area contributed by atoms with Gasteiger partial charge in [0.2, 0.25) is 5.91 Å². The summed E-state index contributed by atoms with van der Waals surface area (Å²) in [6.07, 6.45) is 1.96. The van der Waals surface area contributed by atoms with Crippen LogP contribution in [0.3, 0.4) is 0 Å². The summed E-state index contributed by atoms with van der Waals surface area (Å²) in [5.41, 5.74) is 3.66. The van der Waals surface area contributed by atoms with Crippen LogP contribution in [-0.2, 0) is 17.6 Å². The quantitative estimate of drug-likeness (QED) is 0.635. The Morgan fingerprint density at radius 1 is 1.19 bits per heavy atom. The number of hydrogen-bond acceptors (Lipinski definition) is 4. The molecule has 1 saturated heterocycles. The number of aromatic nitrogens is 1. The van der Waals surface area contributed by atoms with Crippen molar-refractivity contribution >= 4 is 11.6 Å². The number of nitrogens with zero attached hydrogens (tertiary/aromatic N) is 2. The molecule has 1 aliphatic rings. The number of benzene rings is 2. The Hall–Kier alpha value is -3.15. The summed E-state index contributed by atoms with van der Waals surface area (Å²) in [4.78, 5) is 15.0. The van der Waals surface area contributed by atoms with Crippen molar-refractivity contribution in [3.63, 3.8) is 0 Å². The third kappa shape index (κ3) is 5.13. The van der Waals surface area contributed by atoms with Crippen LogP contribution in [-0.4, -0.2) is 35.1 Å². The summed E-state index contributed by atoms with van der Waals surface area (Å²) in [6, 6.07) is 17.0. The van der Waals surface area contributed by atoms with E-state index in [4.69, 9.17) is 4.52 Å². The summed E-state index contributed by atoms with van der Waals surface area (Å²) in [7, 11) is 0. The van der Waals surface area contributed by atoms with E-state index in [0.717, 1.165) is 29.8 Å². The van der Waals surface area contributed by atoms with Crippen LogP contribution in [0.5, 0.6) is 0 Å². The molecular formula is C25H28FN3O2. The van der Waals surface area contributed by atoms with Gasteiger partial charge < -0.3 is 14.7 Å². The van der Waals surface area contributed by atoms with Gasteiger partial charge in [0.25, 0.3) is 0 Å². The Morgan fingerprint density at radius 2 is 2.00 bits per heavy atom. The molecule has 0 unspecified atom stereocenters. The van der Waals surface area contributed by atoms with Gasteiger partial charge in [-0.3, -0.25) is 4.79 Å². The van der Waals surface area contributed by atoms with E-state index in [-0.39, 0.29) is 23.7 Å². The van der Waals surface area contributed by atoms with Gasteiger partial charge in [0.15, 0.2) is 0 Å². The second kappa shape index (κ2) is 9.33. The highest BCUT2D eigenvalue weighted by molar-refractivity contribution is 5.79. The highest BCUT2D eigenvalue weighted by Gasteiger charge is 2.32. The van der Waals surface area contributed by atoms with Crippen molar-refractivity contribution in [2.24, 2.45) is 5.92 Å². The minimum absolute atomic E-state index is 0.0941. The fourth-order valence-electron chi connectivity index (χ4n) is 4.38. The molecule has 162 valence electrons. The molecule has 1 aliphatic heterocycles. The fraction of sp³-hybridized carbons (Fsp3) is 0.360. The molecule has 5 nitrogen and oxygen atoms in total. The van der Waals surface area contributed by atoms with Crippen LogP contribution in [0.1, 0.15) is 29.0 Å². The summed E-state index contributed by atoms with van der Waals surface area (Å²) < 4.78 is 18.9. The monoisotopic (exact) mass is 421 g/mol. The third-order valence-corrected chi connectivity index (χ3v) is 6.11. The first-order valence-corrected chi connectivity index (χ1v) is 10.7. The van der Waals surface area contributed by atoms with Crippen molar-refractivity contribution in [1.82, 2.24) is 10.1 Å². The number of halogens is 1. The van der Waals surface area contributed by atoms with Crippen molar-refractivity contribution in [1.29, 1.82) is 0 Å². The summed E-state index contributed by atoms with van der Waals surface area (Å²) in [5.74, 6) is 0.760. The van der Waals surface area contributed by atoms with Crippen LogP contribution in [0.2, 0.25) is 0 Å². The molecule has 31 heavy (non-hydrogen) atoms. The second-order valence-corrected chi connectivity index (χ2v) is 8.32. The zero-order valence-electron chi connectivity index (χ0n) is 18.0. The van der Waals surface area contributed by atoms with Crippen LogP contribution >= 0.6 is 0 Å². The van der Waals surface area contributed by atoms with Gasteiger partial charge in [-0.25, -0.2) is 4.39 Å². The maximum Gasteiger partial charge on any atom is 0.227 e. The minimum atomic E-state index is -0.253. The number of hydrogen-bond donors (Lipinski definition) is 1. The first-order chi connectivity index (χ1) is 15.0. The van der Waals surface area contributed by atoms with Crippen LogP contribution in [0.25, 0.3) is 0 Å². The molecule has 0 aliphatic carbocycles. The highest BCUT2D eigenvalue weighted by atomic mass is 19.1. The lowest BCUT2D eigenvalue weighted by molar-refractivity contribution is -0.132. The first-order valence-electron chi connectivity index (χ1n) is 10.7. The number of anilines is 1. The van der Waals surface area contributed by atoms with Gasteiger partial charge in [0.1, 0.15) is 11.6 Å². The number of likely N-dealkylation sites (tertiary alicyclic amines) is 1. The van der Waals surface area contributed by atoms with E-state index in [2.05, 4.69) is 22.6 Å². The number of nitrogens with one attached hydrogen (secondary N) is 1. The van der Waals surface area contributed by atoms with Crippen molar-refractivity contribution in [3.05, 3.63) is 83.0 Å². The summed E-state index contributed by atoms with van der Waals surface area (Å²) in [6.45, 7) is 5.03.